The molecule has 0 aliphatic carbocycles. The third-order valence-corrected chi connectivity index (χ3v) is 3.39. The normalized spacial score (nSPS) is 10.5. The van der Waals surface area contributed by atoms with Gasteiger partial charge >= 0.3 is 0 Å². The molecule has 0 unspecified atom stereocenters. The van der Waals surface area contributed by atoms with Gasteiger partial charge in [-0.3, -0.25) is 0 Å². The summed E-state index contributed by atoms with van der Waals surface area (Å²) < 4.78 is 18.6. The fraction of sp³-hybridized carbons (Fsp3) is 0.214. The van der Waals surface area contributed by atoms with Crippen molar-refractivity contribution in [2.24, 2.45) is 0 Å². The molecule has 1 aromatic carbocycles. The molecule has 0 aliphatic heterocycles. The van der Waals surface area contributed by atoms with Crippen molar-refractivity contribution in [3.63, 3.8) is 0 Å². The summed E-state index contributed by atoms with van der Waals surface area (Å²) >= 11 is 17.8. The van der Waals surface area contributed by atoms with Crippen LogP contribution in [0.5, 0.6) is 11.6 Å². The Morgan fingerprint density at radius 2 is 1.90 bits per heavy atom. The summed E-state index contributed by atoms with van der Waals surface area (Å²) in [5.74, 6) is 0.456. The molecule has 0 spiro atoms. The van der Waals surface area contributed by atoms with E-state index in [9.17, 15) is 4.39 Å². The van der Waals surface area contributed by atoms with Gasteiger partial charge < -0.3 is 10.1 Å². The summed E-state index contributed by atoms with van der Waals surface area (Å²) in [5, 5.41) is 3.68. The van der Waals surface area contributed by atoms with Crippen molar-refractivity contribution in [2.45, 2.75) is 13.3 Å². The maximum Gasteiger partial charge on any atom is 0.240 e. The Kier molecular flexibility index (Phi) is 5.51. The van der Waals surface area contributed by atoms with E-state index in [0.717, 1.165) is 13.0 Å². The minimum atomic E-state index is -0.524. The first-order valence-corrected chi connectivity index (χ1v) is 7.37. The quantitative estimate of drug-likeness (QED) is 0.741. The maximum atomic E-state index is 13.1. The summed E-state index contributed by atoms with van der Waals surface area (Å²) in [5.41, 5.74) is 0. The number of ether oxygens (including phenoxy) is 1. The minimum Gasteiger partial charge on any atom is -0.437 e. The lowest BCUT2D eigenvalue weighted by Crippen LogP contribution is -2.03. The van der Waals surface area contributed by atoms with Crippen LogP contribution in [-0.2, 0) is 0 Å². The van der Waals surface area contributed by atoms with E-state index in [1.807, 2.05) is 6.92 Å². The van der Waals surface area contributed by atoms with E-state index in [2.05, 4.69) is 10.3 Å². The van der Waals surface area contributed by atoms with Gasteiger partial charge in [0.05, 0.1) is 10.0 Å². The number of anilines is 1. The summed E-state index contributed by atoms with van der Waals surface area (Å²) in [6.07, 6.45) is 0.921. The fourth-order valence-electron chi connectivity index (χ4n) is 1.54. The van der Waals surface area contributed by atoms with Crippen LogP contribution in [-0.4, -0.2) is 11.5 Å². The maximum absolute atomic E-state index is 13.1. The Balaban J connectivity index is 2.28. The molecule has 1 aromatic heterocycles. The molecule has 0 amide bonds. The van der Waals surface area contributed by atoms with Gasteiger partial charge in [-0.05, 0) is 24.6 Å². The smallest absolute Gasteiger partial charge is 0.240 e. The third-order valence-electron chi connectivity index (χ3n) is 2.55. The van der Waals surface area contributed by atoms with Crippen molar-refractivity contribution in [3.8, 4) is 11.6 Å². The molecular weight excluding hydrogens is 338 g/mol. The highest BCUT2D eigenvalue weighted by atomic mass is 35.5. The molecule has 0 saturated heterocycles. The van der Waals surface area contributed by atoms with E-state index in [4.69, 9.17) is 39.5 Å². The zero-order valence-corrected chi connectivity index (χ0v) is 13.4. The van der Waals surface area contributed by atoms with Crippen LogP contribution >= 0.6 is 34.8 Å². The lowest BCUT2D eigenvalue weighted by Gasteiger charge is -2.11. The van der Waals surface area contributed by atoms with Crippen LogP contribution in [0.4, 0.5) is 10.2 Å². The van der Waals surface area contributed by atoms with Crippen molar-refractivity contribution in [3.05, 3.63) is 45.2 Å². The van der Waals surface area contributed by atoms with Crippen LogP contribution in [0, 0.1) is 5.82 Å². The number of halogens is 4. The van der Waals surface area contributed by atoms with E-state index in [1.54, 1.807) is 0 Å². The topological polar surface area (TPSA) is 34.2 Å². The Morgan fingerprint density at radius 1 is 1.14 bits per heavy atom. The molecule has 0 aliphatic rings. The Bertz CT molecular complexity index is 652. The van der Waals surface area contributed by atoms with Crippen LogP contribution < -0.4 is 10.1 Å². The van der Waals surface area contributed by atoms with Crippen molar-refractivity contribution in [1.29, 1.82) is 0 Å². The Labute approximate surface area is 137 Å². The van der Waals surface area contributed by atoms with Crippen molar-refractivity contribution >= 4 is 40.6 Å². The first-order chi connectivity index (χ1) is 10.0. The highest BCUT2D eigenvalue weighted by Crippen LogP contribution is 2.34. The van der Waals surface area contributed by atoms with Crippen molar-refractivity contribution < 1.29 is 9.13 Å². The molecule has 0 atom stereocenters. The molecule has 112 valence electrons. The fourth-order valence-corrected chi connectivity index (χ4v) is 2.18. The monoisotopic (exact) mass is 348 g/mol. The molecule has 21 heavy (non-hydrogen) atoms. The van der Waals surface area contributed by atoms with Crippen molar-refractivity contribution in [1.82, 2.24) is 4.98 Å². The van der Waals surface area contributed by atoms with Gasteiger partial charge in [0.25, 0.3) is 0 Å². The van der Waals surface area contributed by atoms with E-state index >= 15 is 0 Å². The molecule has 0 bridgehead atoms. The third kappa shape index (κ3) is 4.13. The number of rotatable bonds is 5. The second-order valence-electron chi connectivity index (χ2n) is 4.21. The average molecular weight is 350 g/mol. The highest BCUT2D eigenvalue weighted by molar-refractivity contribution is 6.36. The van der Waals surface area contributed by atoms with E-state index in [0.29, 0.717) is 16.6 Å². The first kappa shape index (κ1) is 16.1. The molecular formula is C14H12Cl3FN2O. The number of pyridine rings is 1. The van der Waals surface area contributed by atoms with Gasteiger partial charge in [-0.2, -0.15) is 4.98 Å². The van der Waals surface area contributed by atoms with Crippen LogP contribution in [0.3, 0.4) is 0 Å². The van der Waals surface area contributed by atoms with Crippen LogP contribution in [0.2, 0.25) is 15.1 Å². The van der Waals surface area contributed by atoms with Gasteiger partial charge in [-0.15, -0.1) is 0 Å². The van der Waals surface area contributed by atoms with E-state index in [-0.39, 0.29) is 15.9 Å². The number of benzene rings is 1. The van der Waals surface area contributed by atoms with Gasteiger partial charge in [0, 0.05) is 12.6 Å². The van der Waals surface area contributed by atoms with Gasteiger partial charge in [0.1, 0.15) is 22.4 Å². The standard InChI is InChI=1S/C14H12Cl3FN2O/c1-2-5-19-13-10(16)7-11(17)14(20-13)21-8-3-4-12(18)9(15)6-8/h3-4,6-7H,2,5H2,1H3,(H,19,20). The molecule has 3 nitrogen and oxygen atoms in total. The molecule has 1 N–H and O–H groups in total. The summed E-state index contributed by atoms with van der Waals surface area (Å²) in [4.78, 5) is 4.22. The van der Waals surface area contributed by atoms with Crippen molar-refractivity contribution in [2.75, 3.05) is 11.9 Å². The van der Waals surface area contributed by atoms with Gasteiger partial charge in [0.15, 0.2) is 0 Å². The van der Waals surface area contributed by atoms with Gasteiger partial charge in [-0.25, -0.2) is 4.39 Å². The Hall–Kier alpha value is -1.23. The largest absolute Gasteiger partial charge is 0.437 e. The summed E-state index contributed by atoms with van der Waals surface area (Å²) in [7, 11) is 0. The summed E-state index contributed by atoms with van der Waals surface area (Å²) in [6, 6.07) is 5.53. The zero-order chi connectivity index (χ0) is 15.4. The van der Waals surface area contributed by atoms with Crippen LogP contribution in [0.25, 0.3) is 0 Å². The lowest BCUT2D eigenvalue weighted by molar-refractivity contribution is 0.462. The molecule has 0 fully saturated rings. The number of hydrogen-bond acceptors (Lipinski definition) is 3. The first-order valence-electron chi connectivity index (χ1n) is 6.24. The Morgan fingerprint density at radius 3 is 2.57 bits per heavy atom. The number of nitrogens with zero attached hydrogens (tertiary/aromatic N) is 1. The molecule has 0 radical (unpaired) electrons. The van der Waals surface area contributed by atoms with E-state index in [1.165, 1.54) is 24.3 Å². The molecule has 7 heteroatoms. The molecule has 0 saturated carbocycles. The predicted molar refractivity (Wildman–Crippen MR) is 84.5 cm³/mol. The summed E-state index contributed by atoms with van der Waals surface area (Å²) in [6.45, 7) is 2.74. The molecule has 2 aromatic rings. The zero-order valence-electron chi connectivity index (χ0n) is 11.1. The highest BCUT2D eigenvalue weighted by Gasteiger charge is 2.12. The SMILES string of the molecule is CCCNc1nc(Oc2ccc(F)c(Cl)c2)c(Cl)cc1Cl. The molecule has 2 rings (SSSR count). The predicted octanol–water partition coefficient (Wildman–Crippen LogP) is 5.80. The number of hydrogen-bond donors (Lipinski definition) is 1. The lowest BCUT2D eigenvalue weighted by atomic mass is 10.3. The second-order valence-corrected chi connectivity index (χ2v) is 5.43. The van der Waals surface area contributed by atoms with Crippen LogP contribution in [0.1, 0.15) is 13.3 Å². The van der Waals surface area contributed by atoms with Gasteiger partial charge in [-0.1, -0.05) is 41.7 Å². The molecule has 1 heterocycles. The second kappa shape index (κ2) is 7.16. The minimum absolute atomic E-state index is 0.0399. The van der Waals surface area contributed by atoms with Gasteiger partial charge in [0.2, 0.25) is 5.88 Å². The van der Waals surface area contributed by atoms with Crippen LogP contribution in [0.15, 0.2) is 24.3 Å². The van der Waals surface area contributed by atoms with E-state index < -0.39 is 5.82 Å². The number of aromatic nitrogens is 1. The average Bonchev–Trinajstić information content (AvgIpc) is 2.44. The number of nitrogens with one attached hydrogen (secondary N) is 1.